The molecule has 0 unspecified atom stereocenters. The maximum Gasteiger partial charge on any atom is 0.265 e. The Morgan fingerprint density at radius 2 is 1.76 bits per heavy atom. The van der Waals surface area contributed by atoms with E-state index in [1.165, 1.54) is 18.2 Å². The molecular formula is C15H14ClFO3S. The van der Waals surface area contributed by atoms with Crippen LogP contribution in [0.15, 0.2) is 41.3 Å². The Labute approximate surface area is 127 Å². The molecule has 112 valence electrons. The lowest BCUT2D eigenvalue weighted by molar-refractivity contribution is 0.295. The molecule has 0 amide bonds. The molecule has 0 atom stereocenters. The van der Waals surface area contributed by atoms with Gasteiger partial charge in [-0.05, 0) is 48.7 Å². The van der Waals surface area contributed by atoms with Crippen LogP contribution in [0, 0.1) is 19.7 Å². The summed E-state index contributed by atoms with van der Waals surface area (Å²) in [6.07, 6.45) is 0. The van der Waals surface area contributed by atoms with Gasteiger partial charge < -0.3 is 4.74 Å². The summed E-state index contributed by atoms with van der Waals surface area (Å²) < 4.78 is 41.7. The third-order valence-electron chi connectivity index (χ3n) is 2.94. The van der Waals surface area contributed by atoms with Gasteiger partial charge in [-0.2, -0.15) is 0 Å². The molecule has 0 bridgehead atoms. The number of ether oxygens (including phenoxy) is 1. The van der Waals surface area contributed by atoms with Crippen molar-refractivity contribution in [3.63, 3.8) is 0 Å². The number of aryl methyl sites for hydroxylation is 2. The zero-order chi connectivity index (χ0) is 15.6. The molecule has 0 aliphatic carbocycles. The molecule has 0 saturated carbocycles. The van der Waals surface area contributed by atoms with Gasteiger partial charge in [-0.3, -0.25) is 0 Å². The standard InChI is InChI=1S/C15H14ClFO3S/c1-10-7-11(2)15(14(8-10)21(16,18)19)20-9-12-3-5-13(17)6-4-12/h3-8H,9H2,1-2H3. The van der Waals surface area contributed by atoms with Crippen LogP contribution in [-0.4, -0.2) is 8.42 Å². The number of hydrogen-bond acceptors (Lipinski definition) is 3. The van der Waals surface area contributed by atoms with E-state index in [4.69, 9.17) is 15.4 Å². The van der Waals surface area contributed by atoms with Crippen LogP contribution in [0.4, 0.5) is 4.39 Å². The normalized spacial score (nSPS) is 11.4. The summed E-state index contributed by atoms with van der Waals surface area (Å²) in [6.45, 7) is 3.66. The predicted octanol–water partition coefficient (Wildman–Crippen LogP) is 3.95. The first-order chi connectivity index (χ1) is 9.77. The summed E-state index contributed by atoms with van der Waals surface area (Å²) in [5.74, 6) is -0.116. The van der Waals surface area contributed by atoms with Gasteiger partial charge >= 0.3 is 0 Å². The van der Waals surface area contributed by atoms with Crippen molar-refractivity contribution in [3.8, 4) is 5.75 Å². The zero-order valence-corrected chi connectivity index (χ0v) is 13.1. The van der Waals surface area contributed by atoms with Crippen molar-refractivity contribution in [3.05, 3.63) is 58.9 Å². The molecule has 0 radical (unpaired) electrons. The molecule has 2 rings (SSSR count). The molecule has 0 saturated heterocycles. The van der Waals surface area contributed by atoms with Gasteiger partial charge in [0.25, 0.3) is 9.05 Å². The summed E-state index contributed by atoms with van der Waals surface area (Å²) in [4.78, 5) is -0.0521. The van der Waals surface area contributed by atoms with Gasteiger partial charge in [0.1, 0.15) is 23.1 Å². The highest BCUT2D eigenvalue weighted by atomic mass is 35.7. The largest absolute Gasteiger partial charge is 0.487 e. The van der Waals surface area contributed by atoms with E-state index in [0.717, 1.165) is 11.1 Å². The van der Waals surface area contributed by atoms with E-state index in [2.05, 4.69) is 0 Å². The molecule has 3 nitrogen and oxygen atoms in total. The summed E-state index contributed by atoms with van der Waals surface area (Å²) >= 11 is 0. The second-order valence-corrected chi connectivity index (χ2v) is 7.30. The molecule has 0 aliphatic heterocycles. The second kappa shape index (κ2) is 6.03. The van der Waals surface area contributed by atoms with Crippen LogP contribution in [0.2, 0.25) is 0 Å². The van der Waals surface area contributed by atoms with E-state index < -0.39 is 9.05 Å². The quantitative estimate of drug-likeness (QED) is 0.798. The minimum atomic E-state index is -3.90. The predicted molar refractivity (Wildman–Crippen MR) is 79.7 cm³/mol. The van der Waals surface area contributed by atoms with E-state index in [1.807, 2.05) is 6.07 Å². The first kappa shape index (κ1) is 15.8. The van der Waals surface area contributed by atoms with E-state index in [9.17, 15) is 12.8 Å². The molecule has 0 N–H and O–H groups in total. The van der Waals surface area contributed by atoms with E-state index in [0.29, 0.717) is 5.56 Å². The Morgan fingerprint density at radius 1 is 1.14 bits per heavy atom. The Kier molecular flexibility index (Phi) is 4.54. The molecule has 2 aromatic rings. The smallest absolute Gasteiger partial charge is 0.265 e. The first-order valence-corrected chi connectivity index (χ1v) is 8.51. The van der Waals surface area contributed by atoms with Crippen LogP contribution in [0.3, 0.4) is 0 Å². The van der Waals surface area contributed by atoms with Crippen molar-refractivity contribution >= 4 is 19.7 Å². The number of benzene rings is 2. The minimum absolute atomic E-state index is 0.0521. The fourth-order valence-electron chi connectivity index (χ4n) is 2.02. The van der Waals surface area contributed by atoms with Crippen molar-refractivity contribution in [1.82, 2.24) is 0 Å². The molecule has 2 aromatic carbocycles. The highest BCUT2D eigenvalue weighted by Crippen LogP contribution is 2.32. The molecule has 0 heterocycles. The highest BCUT2D eigenvalue weighted by molar-refractivity contribution is 8.13. The van der Waals surface area contributed by atoms with Crippen molar-refractivity contribution in [2.75, 3.05) is 0 Å². The third-order valence-corrected chi connectivity index (χ3v) is 4.27. The zero-order valence-electron chi connectivity index (χ0n) is 11.6. The summed E-state index contributed by atoms with van der Waals surface area (Å²) in [7, 11) is 1.55. The lowest BCUT2D eigenvalue weighted by atomic mass is 10.1. The van der Waals surface area contributed by atoms with Crippen LogP contribution < -0.4 is 4.74 Å². The van der Waals surface area contributed by atoms with Gasteiger partial charge in [-0.1, -0.05) is 18.2 Å². The highest BCUT2D eigenvalue weighted by Gasteiger charge is 2.19. The SMILES string of the molecule is Cc1cc(C)c(OCc2ccc(F)cc2)c(S(=O)(=O)Cl)c1. The van der Waals surface area contributed by atoms with E-state index in [1.54, 1.807) is 26.0 Å². The van der Waals surface area contributed by atoms with Crippen LogP contribution >= 0.6 is 10.7 Å². The molecule has 0 spiro atoms. The van der Waals surface area contributed by atoms with Gasteiger partial charge in [-0.25, -0.2) is 12.8 Å². The Hall–Kier alpha value is -1.59. The van der Waals surface area contributed by atoms with Gasteiger partial charge in [0.15, 0.2) is 0 Å². The molecular weight excluding hydrogens is 315 g/mol. The van der Waals surface area contributed by atoms with E-state index in [-0.39, 0.29) is 23.1 Å². The Bertz CT molecular complexity index is 755. The van der Waals surface area contributed by atoms with Crippen LogP contribution in [0.25, 0.3) is 0 Å². The van der Waals surface area contributed by atoms with Crippen molar-refractivity contribution in [2.45, 2.75) is 25.3 Å². The fraction of sp³-hybridized carbons (Fsp3) is 0.200. The lowest BCUT2D eigenvalue weighted by Crippen LogP contribution is -2.03. The Balaban J connectivity index is 2.33. The Morgan fingerprint density at radius 3 is 2.33 bits per heavy atom. The number of hydrogen-bond donors (Lipinski definition) is 0. The van der Waals surface area contributed by atoms with Gasteiger partial charge in [0.2, 0.25) is 0 Å². The maximum atomic E-state index is 12.8. The van der Waals surface area contributed by atoms with Gasteiger partial charge in [0.05, 0.1) is 0 Å². The average Bonchev–Trinajstić information content (AvgIpc) is 2.38. The summed E-state index contributed by atoms with van der Waals surface area (Å²) in [5.41, 5.74) is 2.19. The summed E-state index contributed by atoms with van der Waals surface area (Å²) in [6, 6.07) is 9.07. The van der Waals surface area contributed by atoms with Crippen molar-refractivity contribution < 1.29 is 17.5 Å². The van der Waals surface area contributed by atoms with Crippen molar-refractivity contribution in [1.29, 1.82) is 0 Å². The molecule has 6 heteroatoms. The van der Waals surface area contributed by atoms with E-state index >= 15 is 0 Å². The first-order valence-electron chi connectivity index (χ1n) is 6.20. The van der Waals surface area contributed by atoms with Gasteiger partial charge in [0, 0.05) is 10.7 Å². The van der Waals surface area contributed by atoms with Crippen LogP contribution in [-0.2, 0) is 15.7 Å². The fourth-order valence-corrected chi connectivity index (χ4v) is 3.13. The van der Waals surface area contributed by atoms with Crippen LogP contribution in [0.5, 0.6) is 5.75 Å². The molecule has 21 heavy (non-hydrogen) atoms. The van der Waals surface area contributed by atoms with Crippen molar-refractivity contribution in [2.24, 2.45) is 0 Å². The minimum Gasteiger partial charge on any atom is -0.487 e. The molecule has 0 aliphatic rings. The number of halogens is 2. The topological polar surface area (TPSA) is 43.4 Å². The third kappa shape index (κ3) is 3.95. The molecule has 0 aromatic heterocycles. The monoisotopic (exact) mass is 328 g/mol. The van der Waals surface area contributed by atoms with Crippen LogP contribution in [0.1, 0.15) is 16.7 Å². The second-order valence-electron chi connectivity index (χ2n) is 4.76. The number of rotatable bonds is 4. The maximum absolute atomic E-state index is 12.8. The average molecular weight is 329 g/mol. The lowest BCUT2D eigenvalue weighted by Gasteiger charge is -2.13. The molecule has 0 fully saturated rings. The summed E-state index contributed by atoms with van der Waals surface area (Å²) in [5, 5.41) is 0. The van der Waals surface area contributed by atoms with Gasteiger partial charge in [-0.15, -0.1) is 0 Å².